The quantitative estimate of drug-likeness (QED) is 0.526. The fourth-order valence-electron chi connectivity index (χ4n) is 3.61. The molecule has 1 saturated heterocycles. The number of amides is 2. The fraction of sp³-hybridized carbons (Fsp3) is 0.261. The fourth-order valence-corrected chi connectivity index (χ4v) is 3.61. The van der Waals surface area contributed by atoms with Crippen LogP contribution in [-0.2, 0) is 22.6 Å². The van der Waals surface area contributed by atoms with Crippen molar-refractivity contribution in [3.63, 3.8) is 0 Å². The largest absolute Gasteiger partial charge is 0.442 e. The Morgan fingerprint density at radius 1 is 1.28 bits per heavy atom. The number of rotatable bonds is 7. The second-order valence-corrected chi connectivity index (χ2v) is 7.63. The topological polar surface area (TPSA) is 108 Å². The minimum atomic E-state index is -0.569. The van der Waals surface area contributed by atoms with Crippen LogP contribution < -0.4 is 10.2 Å². The van der Waals surface area contributed by atoms with Crippen molar-refractivity contribution in [3.8, 4) is 11.1 Å². The highest BCUT2D eigenvalue weighted by atomic mass is 19.1. The summed E-state index contributed by atoms with van der Waals surface area (Å²) in [6.07, 6.45) is -0.434. The number of H-pyrrole nitrogens is 1. The number of halogens is 1. The second-order valence-electron chi connectivity index (χ2n) is 7.63. The molecule has 1 aromatic heterocycles. The van der Waals surface area contributed by atoms with E-state index in [0.29, 0.717) is 28.9 Å². The highest BCUT2D eigenvalue weighted by Gasteiger charge is 2.32. The maximum absolute atomic E-state index is 14.9. The summed E-state index contributed by atoms with van der Waals surface area (Å²) in [5.41, 5.74) is 4.02. The van der Waals surface area contributed by atoms with Crippen LogP contribution in [0.4, 0.5) is 14.9 Å². The summed E-state index contributed by atoms with van der Waals surface area (Å²) in [4.78, 5) is 24.6. The average molecular weight is 438 g/mol. The van der Waals surface area contributed by atoms with Crippen molar-refractivity contribution in [2.24, 2.45) is 0 Å². The van der Waals surface area contributed by atoms with Crippen LogP contribution in [0.5, 0.6) is 0 Å². The number of anilines is 1. The first-order valence-electron chi connectivity index (χ1n) is 10.2. The van der Waals surface area contributed by atoms with E-state index >= 15 is 0 Å². The number of aliphatic hydroxyl groups excluding tert-OH is 1. The summed E-state index contributed by atoms with van der Waals surface area (Å²) in [5, 5.41) is 18.6. The molecule has 2 aromatic carbocycles. The SMILES string of the molecule is CC(=O)NC[C@H]1CN(c2ccc(-c3ccc(Cc4cc(CO)n[nH]4)cc3)c(F)c2)C(=O)O1. The van der Waals surface area contributed by atoms with Gasteiger partial charge in [-0.2, -0.15) is 5.10 Å². The maximum Gasteiger partial charge on any atom is 0.414 e. The van der Waals surface area contributed by atoms with E-state index in [9.17, 15) is 14.0 Å². The first kappa shape index (κ1) is 21.5. The second kappa shape index (κ2) is 9.19. The van der Waals surface area contributed by atoms with Gasteiger partial charge in [0.1, 0.15) is 11.9 Å². The first-order chi connectivity index (χ1) is 15.4. The van der Waals surface area contributed by atoms with E-state index in [1.165, 1.54) is 17.9 Å². The van der Waals surface area contributed by atoms with Crippen LogP contribution >= 0.6 is 0 Å². The smallest absolute Gasteiger partial charge is 0.414 e. The van der Waals surface area contributed by atoms with Crippen molar-refractivity contribution in [2.45, 2.75) is 26.1 Å². The number of carbonyl (C=O) groups is 2. The van der Waals surface area contributed by atoms with Gasteiger partial charge in [-0.1, -0.05) is 24.3 Å². The Hall–Kier alpha value is -3.72. The molecule has 0 radical (unpaired) electrons. The normalized spacial score (nSPS) is 15.7. The summed E-state index contributed by atoms with van der Waals surface area (Å²) in [6.45, 7) is 1.72. The van der Waals surface area contributed by atoms with Crippen LogP contribution in [0.25, 0.3) is 11.1 Å². The number of aromatic amines is 1. The lowest BCUT2D eigenvalue weighted by atomic mass is 10.0. The minimum absolute atomic E-state index is 0.115. The van der Waals surface area contributed by atoms with Crippen molar-refractivity contribution in [1.29, 1.82) is 0 Å². The summed E-state index contributed by atoms with van der Waals surface area (Å²) in [7, 11) is 0. The third-order valence-corrected chi connectivity index (χ3v) is 5.22. The number of nitrogens with zero attached hydrogens (tertiary/aromatic N) is 2. The number of aromatic nitrogens is 2. The van der Waals surface area contributed by atoms with Crippen molar-refractivity contribution in [3.05, 3.63) is 71.3 Å². The number of nitrogens with one attached hydrogen (secondary N) is 2. The summed E-state index contributed by atoms with van der Waals surface area (Å²) in [5.74, 6) is -0.657. The predicted octanol–water partition coefficient (Wildman–Crippen LogP) is 2.76. The van der Waals surface area contributed by atoms with Crippen LogP contribution in [-0.4, -0.2) is 46.5 Å². The Morgan fingerprint density at radius 3 is 2.72 bits per heavy atom. The molecule has 0 saturated carbocycles. The average Bonchev–Trinajstić information content (AvgIpc) is 3.39. The molecule has 32 heavy (non-hydrogen) atoms. The van der Waals surface area contributed by atoms with Crippen LogP contribution in [0.1, 0.15) is 23.9 Å². The molecule has 0 spiro atoms. The van der Waals surface area contributed by atoms with Crippen LogP contribution in [0.15, 0.2) is 48.5 Å². The van der Waals surface area contributed by atoms with E-state index in [-0.39, 0.29) is 25.6 Å². The lowest BCUT2D eigenvalue weighted by molar-refractivity contribution is -0.119. The minimum Gasteiger partial charge on any atom is -0.442 e. The number of carbonyl (C=O) groups excluding carboxylic acids is 2. The highest BCUT2D eigenvalue weighted by molar-refractivity contribution is 5.90. The lowest BCUT2D eigenvalue weighted by Crippen LogP contribution is -2.33. The Balaban J connectivity index is 1.45. The molecule has 1 atom stereocenters. The van der Waals surface area contributed by atoms with Crippen molar-refractivity contribution in [1.82, 2.24) is 15.5 Å². The Labute approximate surface area is 184 Å². The number of hydrogen-bond donors (Lipinski definition) is 3. The van der Waals surface area contributed by atoms with Crippen molar-refractivity contribution >= 4 is 17.7 Å². The first-order valence-corrected chi connectivity index (χ1v) is 10.2. The van der Waals surface area contributed by atoms with Gasteiger partial charge in [0.05, 0.1) is 31.1 Å². The van der Waals surface area contributed by atoms with E-state index in [2.05, 4.69) is 15.5 Å². The number of aliphatic hydroxyl groups is 1. The molecule has 1 aliphatic rings. The monoisotopic (exact) mass is 438 g/mol. The van der Waals surface area contributed by atoms with Gasteiger partial charge in [0.15, 0.2) is 0 Å². The van der Waals surface area contributed by atoms with E-state index in [1.807, 2.05) is 24.3 Å². The Morgan fingerprint density at radius 2 is 2.06 bits per heavy atom. The summed E-state index contributed by atoms with van der Waals surface area (Å²) in [6, 6.07) is 13.9. The van der Waals surface area contributed by atoms with Gasteiger partial charge in [-0.3, -0.25) is 14.8 Å². The summed E-state index contributed by atoms with van der Waals surface area (Å²) < 4.78 is 20.1. The molecule has 0 bridgehead atoms. The molecule has 3 aromatic rings. The van der Waals surface area contributed by atoms with Gasteiger partial charge >= 0.3 is 6.09 Å². The molecule has 1 fully saturated rings. The number of ether oxygens (including phenoxy) is 1. The van der Waals surface area contributed by atoms with Gasteiger partial charge in [-0.05, 0) is 35.4 Å². The molecule has 3 N–H and O–H groups in total. The van der Waals surface area contributed by atoms with Gasteiger partial charge in [-0.15, -0.1) is 0 Å². The standard InChI is InChI=1S/C23H23FN4O4/c1-14(30)25-11-20-12-28(23(31)32-20)19-6-7-21(22(24)10-19)16-4-2-15(3-5-16)8-17-9-18(13-29)27-26-17/h2-7,9-10,20,29H,8,11-13H2,1H3,(H,25,30)(H,26,27)/t20-/m0/s1. The van der Waals surface area contributed by atoms with E-state index in [0.717, 1.165) is 11.3 Å². The predicted molar refractivity (Wildman–Crippen MR) is 115 cm³/mol. The Kier molecular flexibility index (Phi) is 6.18. The van der Waals surface area contributed by atoms with E-state index < -0.39 is 18.0 Å². The number of hydrogen-bond acceptors (Lipinski definition) is 5. The third-order valence-electron chi connectivity index (χ3n) is 5.22. The molecule has 0 unspecified atom stereocenters. The Bertz CT molecular complexity index is 1130. The summed E-state index contributed by atoms with van der Waals surface area (Å²) >= 11 is 0. The van der Waals surface area contributed by atoms with Crippen LogP contribution in [0.2, 0.25) is 0 Å². The van der Waals surface area contributed by atoms with Crippen molar-refractivity contribution < 1.29 is 23.8 Å². The third kappa shape index (κ3) is 4.78. The molecule has 2 amide bonds. The van der Waals surface area contributed by atoms with Gasteiger partial charge in [0, 0.05) is 24.6 Å². The van der Waals surface area contributed by atoms with Crippen molar-refractivity contribution in [2.75, 3.05) is 18.0 Å². The molecular weight excluding hydrogens is 415 g/mol. The van der Waals surface area contributed by atoms with Crippen LogP contribution in [0, 0.1) is 5.82 Å². The van der Waals surface area contributed by atoms with E-state index in [1.54, 1.807) is 18.2 Å². The molecule has 0 aliphatic carbocycles. The number of cyclic esters (lactones) is 1. The molecule has 2 heterocycles. The zero-order valence-electron chi connectivity index (χ0n) is 17.5. The zero-order valence-corrected chi connectivity index (χ0v) is 17.5. The van der Waals surface area contributed by atoms with Crippen LogP contribution in [0.3, 0.4) is 0 Å². The van der Waals surface area contributed by atoms with Gasteiger partial charge in [0.25, 0.3) is 0 Å². The van der Waals surface area contributed by atoms with E-state index in [4.69, 9.17) is 9.84 Å². The molecule has 166 valence electrons. The molecule has 9 heteroatoms. The highest BCUT2D eigenvalue weighted by Crippen LogP contribution is 2.29. The molecule has 1 aliphatic heterocycles. The molecular formula is C23H23FN4O4. The number of benzene rings is 2. The maximum atomic E-state index is 14.9. The lowest BCUT2D eigenvalue weighted by Gasteiger charge is -2.14. The van der Waals surface area contributed by atoms with Gasteiger partial charge < -0.3 is 15.2 Å². The van der Waals surface area contributed by atoms with Gasteiger partial charge in [-0.25, -0.2) is 9.18 Å². The molecule has 8 nitrogen and oxygen atoms in total. The molecule has 4 rings (SSSR count). The van der Waals surface area contributed by atoms with Gasteiger partial charge in [0.2, 0.25) is 5.91 Å². The zero-order chi connectivity index (χ0) is 22.7.